The molecule has 0 bridgehead atoms. The lowest BCUT2D eigenvalue weighted by atomic mass is 9.77. The van der Waals surface area contributed by atoms with Crippen LogP contribution in [0.5, 0.6) is 0 Å². The van der Waals surface area contributed by atoms with E-state index >= 15 is 0 Å². The summed E-state index contributed by atoms with van der Waals surface area (Å²) in [4.78, 5) is 0. The molecule has 1 saturated carbocycles. The van der Waals surface area contributed by atoms with Crippen molar-refractivity contribution >= 4 is 10.2 Å². The second-order valence-electron chi connectivity index (χ2n) is 5.90. The minimum Gasteiger partial charge on any atom is -0.329 e. The molecule has 6 heteroatoms. The third-order valence-corrected chi connectivity index (χ3v) is 5.80. The number of hydrogen-bond donors (Lipinski definition) is 2. The van der Waals surface area contributed by atoms with Gasteiger partial charge in [0, 0.05) is 25.2 Å². The van der Waals surface area contributed by atoms with E-state index in [-0.39, 0.29) is 6.04 Å². The molecule has 1 aliphatic carbocycles. The number of hydrogen-bond acceptors (Lipinski definition) is 3. The Morgan fingerprint density at radius 2 is 2.11 bits per heavy atom. The van der Waals surface area contributed by atoms with Crippen molar-refractivity contribution in [1.82, 2.24) is 9.03 Å². The zero-order valence-electron chi connectivity index (χ0n) is 11.9. The van der Waals surface area contributed by atoms with Crippen molar-refractivity contribution in [1.29, 1.82) is 0 Å². The van der Waals surface area contributed by atoms with Gasteiger partial charge in [0.05, 0.1) is 0 Å². The summed E-state index contributed by atoms with van der Waals surface area (Å²) >= 11 is 0. The van der Waals surface area contributed by atoms with Crippen LogP contribution in [0.1, 0.15) is 46.5 Å². The van der Waals surface area contributed by atoms with Crippen molar-refractivity contribution in [3.05, 3.63) is 0 Å². The van der Waals surface area contributed by atoms with Gasteiger partial charge in [0.15, 0.2) is 0 Å². The first-order valence-electron chi connectivity index (χ1n) is 6.69. The molecule has 0 spiro atoms. The summed E-state index contributed by atoms with van der Waals surface area (Å²) in [5, 5.41) is 0. The van der Waals surface area contributed by atoms with Crippen molar-refractivity contribution in [2.75, 3.05) is 13.6 Å². The van der Waals surface area contributed by atoms with Gasteiger partial charge in [-0.15, -0.1) is 0 Å². The summed E-state index contributed by atoms with van der Waals surface area (Å²) in [7, 11) is -1.85. The maximum atomic E-state index is 12.3. The summed E-state index contributed by atoms with van der Waals surface area (Å²) in [6.07, 6.45) is 3.85. The number of nitrogens with two attached hydrogens (primary N) is 1. The van der Waals surface area contributed by atoms with Crippen LogP contribution >= 0.6 is 0 Å². The van der Waals surface area contributed by atoms with Crippen LogP contribution in [0.2, 0.25) is 0 Å². The van der Waals surface area contributed by atoms with Crippen molar-refractivity contribution in [2.24, 2.45) is 11.7 Å². The van der Waals surface area contributed by atoms with E-state index in [1.807, 2.05) is 13.8 Å². The average molecular weight is 277 g/mol. The van der Waals surface area contributed by atoms with Gasteiger partial charge in [-0.1, -0.05) is 19.8 Å². The maximum absolute atomic E-state index is 12.3. The minimum absolute atomic E-state index is 0.0571. The molecule has 1 fully saturated rings. The fourth-order valence-electron chi connectivity index (χ4n) is 2.60. The molecule has 0 heterocycles. The fourth-order valence-corrected chi connectivity index (χ4v) is 4.12. The Kier molecular flexibility index (Phi) is 5.17. The first-order valence-corrected chi connectivity index (χ1v) is 8.13. The van der Waals surface area contributed by atoms with Crippen molar-refractivity contribution in [3.8, 4) is 0 Å². The van der Waals surface area contributed by atoms with E-state index in [1.54, 1.807) is 7.05 Å². The van der Waals surface area contributed by atoms with E-state index in [2.05, 4.69) is 11.6 Å². The predicted octanol–water partition coefficient (Wildman–Crippen LogP) is 1.07. The van der Waals surface area contributed by atoms with Crippen LogP contribution in [0.3, 0.4) is 0 Å². The van der Waals surface area contributed by atoms with Gasteiger partial charge in [0.1, 0.15) is 0 Å². The molecule has 1 rings (SSSR count). The van der Waals surface area contributed by atoms with Crippen LogP contribution in [0.4, 0.5) is 0 Å². The number of nitrogens with one attached hydrogen (secondary N) is 1. The van der Waals surface area contributed by atoms with Crippen molar-refractivity contribution < 1.29 is 8.42 Å². The molecular formula is C12H27N3O2S. The SMILES string of the molecule is CC1CCCC(CN)(NS(=O)(=O)N(C)C(C)C)C1. The third-order valence-electron chi connectivity index (χ3n) is 3.93. The monoisotopic (exact) mass is 277 g/mol. The summed E-state index contributed by atoms with van der Waals surface area (Å²) in [5.74, 6) is 0.523. The largest absolute Gasteiger partial charge is 0.329 e. The zero-order valence-corrected chi connectivity index (χ0v) is 12.8. The molecule has 0 radical (unpaired) electrons. The molecule has 108 valence electrons. The standard InChI is InChI=1S/C12H27N3O2S/c1-10(2)15(4)18(16,17)14-12(9-13)7-5-6-11(3)8-12/h10-11,14H,5-9,13H2,1-4H3. The number of nitrogens with zero attached hydrogens (tertiary/aromatic N) is 1. The molecule has 3 N–H and O–H groups in total. The van der Waals surface area contributed by atoms with Crippen molar-refractivity contribution in [3.63, 3.8) is 0 Å². The van der Waals surface area contributed by atoms with Gasteiger partial charge in [-0.3, -0.25) is 0 Å². The van der Waals surface area contributed by atoms with E-state index in [0.29, 0.717) is 12.5 Å². The second kappa shape index (κ2) is 5.86. The smallest absolute Gasteiger partial charge is 0.279 e. The topological polar surface area (TPSA) is 75.4 Å². The van der Waals surface area contributed by atoms with Crippen molar-refractivity contribution in [2.45, 2.75) is 58.0 Å². The predicted molar refractivity (Wildman–Crippen MR) is 74.4 cm³/mol. The minimum atomic E-state index is -3.45. The van der Waals surface area contributed by atoms with E-state index in [4.69, 9.17) is 5.73 Å². The maximum Gasteiger partial charge on any atom is 0.279 e. The van der Waals surface area contributed by atoms with Crippen LogP contribution < -0.4 is 10.5 Å². The molecule has 2 atom stereocenters. The molecule has 0 aromatic heterocycles. The first kappa shape index (κ1) is 15.9. The highest BCUT2D eigenvalue weighted by Crippen LogP contribution is 2.32. The summed E-state index contributed by atoms with van der Waals surface area (Å²) in [6, 6.07) is -0.0571. The van der Waals surface area contributed by atoms with Gasteiger partial charge in [0.2, 0.25) is 0 Å². The second-order valence-corrected chi connectivity index (χ2v) is 7.63. The summed E-state index contributed by atoms with van der Waals surface area (Å²) in [6.45, 7) is 6.24. The van der Waals surface area contributed by atoms with E-state index in [9.17, 15) is 8.42 Å². The Balaban J connectivity index is 2.85. The van der Waals surface area contributed by atoms with E-state index in [1.165, 1.54) is 4.31 Å². The van der Waals surface area contributed by atoms with Crippen LogP contribution in [-0.2, 0) is 10.2 Å². The molecule has 18 heavy (non-hydrogen) atoms. The first-order chi connectivity index (χ1) is 8.22. The highest BCUT2D eigenvalue weighted by atomic mass is 32.2. The van der Waals surface area contributed by atoms with E-state index in [0.717, 1.165) is 25.7 Å². The van der Waals surface area contributed by atoms with Crippen LogP contribution in [0, 0.1) is 5.92 Å². The highest BCUT2D eigenvalue weighted by Gasteiger charge is 2.38. The molecule has 1 aliphatic rings. The molecule has 2 unspecified atom stereocenters. The van der Waals surface area contributed by atoms with Crippen LogP contribution in [0.15, 0.2) is 0 Å². The van der Waals surface area contributed by atoms with Gasteiger partial charge < -0.3 is 5.73 Å². The lowest BCUT2D eigenvalue weighted by Gasteiger charge is -2.40. The third kappa shape index (κ3) is 3.66. The van der Waals surface area contributed by atoms with Crippen LogP contribution in [0.25, 0.3) is 0 Å². The highest BCUT2D eigenvalue weighted by molar-refractivity contribution is 7.87. The molecule has 5 nitrogen and oxygen atoms in total. The average Bonchev–Trinajstić information content (AvgIpc) is 2.27. The zero-order chi connectivity index (χ0) is 14.0. The van der Waals surface area contributed by atoms with Gasteiger partial charge in [-0.2, -0.15) is 17.4 Å². The Morgan fingerprint density at radius 1 is 1.50 bits per heavy atom. The lowest BCUT2D eigenvalue weighted by Crippen LogP contribution is -2.59. The molecule has 0 aromatic rings. The van der Waals surface area contributed by atoms with Gasteiger partial charge >= 0.3 is 0 Å². The fraction of sp³-hybridized carbons (Fsp3) is 1.00. The Labute approximate surface area is 111 Å². The normalized spacial score (nSPS) is 30.1. The van der Waals surface area contributed by atoms with Gasteiger partial charge in [-0.25, -0.2) is 0 Å². The van der Waals surface area contributed by atoms with Gasteiger partial charge in [0.25, 0.3) is 10.2 Å². The summed E-state index contributed by atoms with van der Waals surface area (Å²) < 4.78 is 28.7. The van der Waals surface area contributed by atoms with Gasteiger partial charge in [-0.05, 0) is 32.6 Å². The molecule has 0 saturated heterocycles. The molecular weight excluding hydrogens is 250 g/mol. The summed E-state index contributed by atoms with van der Waals surface area (Å²) in [5.41, 5.74) is 5.38. The molecule has 0 aromatic carbocycles. The quantitative estimate of drug-likeness (QED) is 0.789. The van der Waals surface area contributed by atoms with E-state index < -0.39 is 15.7 Å². The van der Waals surface area contributed by atoms with Crippen LogP contribution in [-0.4, -0.2) is 37.9 Å². The lowest BCUT2D eigenvalue weighted by molar-refractivity contribution is 0.218. The molecule has 0 aliphatic heterocycles. The Bertz CT molecular complexity index is 370. The molecule has 0 amide bonds. The Hall–Kier alpha value is -0.170. The Morgan fingerprint density at radius 3 is 2.56 bits per heavy atom. The number of rotatable bonds is 5.